The molecule has 0 aliphatic carbocycles. The van der Waals surface area contributed by atoms with Crippen LogP contribution in [0.4, 0.5) is 5.69 Å². The number of hydrazone groups is 1. The zero-order valence-electron chi connectivity index (χ0n) is 17.1. The molecule has 2 aromatic carbocycles. The van der Waals surface area contributed by atoms with E-state index in [-0.39, 0.29) is 6.42 Å². The summed E-state index contributed by atoms with van der Waals surface area (Å²) in [5, 5.41) is 7.08. The molecule has 160 valence electrons. The monoisotopic (exact) mass is 431 g/mol. The van der Waals surface area contributed by atoms with Gasteiger partial charge in [0, 0.05) is 10.7 Å². The highest BCUT2D eigenvalue weighted by Gasteiger charge is 2.09. The lowest BCUT2D eigenvalue weighted by Gasteiger charge is -2.12. The Morgan fingerprint density at radius 3 is 2.50 bits per heavy atom. The Morgan fingerprint density at radius 2 is 1.80 bits per heavy atom. The molecule has 0 fully saturated rings. The van der Waals surface area contributed by atoms with E-state index in [0.29, 0.717) is 35.4 Å². The predicted molar refractivity (Wildman–Crippen MR) is 118 cm³/mol. The fourth-order valence-electron chi connectivity index (χ4n) is 2.42. The third kappa shape index (κ3) is 8.13. The Kier molecular flexibility index (Phi) is 9.67. The van der Waals surface area contributed by atoms with Crippen molar-refractivity contribution in [1.82, 2.24) is 5.43 Å². The molecular weight excluding hydrogens is 406 g/mol. The van der Waals surface area contributed by atoms with E-state index >= 15 is 0 Å². The molecule has 2 rings (SSSR count). The first kappa shape index (κ1) is 23.2. The Bertz CT molecular complexity index is 869. The third-order valence-corrected chi connectivity index (χ3v) is 4.13. The first-order valence-corrected chi connectivity index (χ1v) is 10.2. The Hall–Kier alpha value is -3.06. The average molecular weight is 432 g/mol. The molecule has 30 heavy (non-hydrogen) atoms. The topological polar surface area (TPSA) is 89.0 Å². The second kappa shape index (κ2) is 12.5. The minimum absolute atomic E-state index is 0.353. The number of ether oxygens (including phenoxy) is 2. The van der Waals surface area contributed by atoms with Crippen molar-refractivity contribution in [2.75, 3.05) is 18.5 Å². The first-order chi connectivity index (χ1) is 14.5. The van der Waals surface area contributed by atoms with Gasteiger partial charge in [-0.2, -0.15) is 5.10 Å². The van der Waals surface area contributed by atoms with Crippen LogP contribution in [0.25, 0.3) is 0 Å². The van der Waals surface area contributed by atoms with Gasteiger partial charge < -0.3 is 14.8 Å². The van der Waals surface area contributed by atoms with E-state index < -0.39 is 11.8 Å². The second-order valence-corrected chi connectivity index (χ2v) is 6.80. The Labute approximate surface area is 181 Å². The van der Waals surface area contributed by atoms with Gasteiger partial charge in [-0.1, -0.05) is 24.9 Å². The molecule has 2 N–H and O–H groups in total. The summed E-state index contributed by atoms with van der Waals surface area (Å²) in [6, 6.07) is 12.0. The molecule has 0 atom stereocenters. The standard InChI is InChI=1S/C22H26ClN3O4/c1-3-5-12-30-19-11-6-16(13-20(19)29-4-2)15-24-26-22(28)14-21(27)25-18-9-7-17(23)8-10-18/h6-11,13,15H,3-5,12,14H2,1-2H3,(H,25,27)(H,26,28). The van der Waals surface area contributed by atoms with Crippen LogP contribution in [0.1, 0.15) is 38.7 Å². The maximum atomic E-state index is 11.9. The van der Waals surface area contributed by atoms with E-state index in [2.05, 4.69) is 22.8 Å². The van der Waals surface area contributed by atoms with Crippen molar-refractivity contribution in [3.05, 3.63) is 53.1 Å². The summed E-state index contributed by atoms with van der Waals surface area (Å²) in [5.74, 6) is 0.316. The normalized spacial score (nSPS) is 10.6. The van der Waals surface area contributed by atoms with Gasteiger partial charge in [0.2, 0.25) is 11.8 Å². The van der Waals surface area contributed by atoms with Crippen molar-refractivity contribution in [3.63, 3.8) is 0 Å². The lowest BCUT2D eigenvalue weighted by atomic mass is 10.2. The number of rotatable bonds is 11. The smallest absolute Gasteiger partial charge is 0.249 e. The van der Waals surface area contributed by atoms with Gasteiger partial charge in [-0.3, -0.25) is 9.59 Å². The summed E-state index contributed by atoms with van der Waals surface area (Å²) in [7, 11) is 0. The van der Waals surface area contributed by atoms with Crippen LogP contribution in [0.3, 0.4) is 0 Å². The van der Waals surface area contributed by atoms with Gasteiger partial charge in [-0.05, 0) is 61.4 Å². The van der Waals surface area contributed by atoms with E-state index in [9.17, 15) is 9.59 Å². The summed E-state index contributed by atoms with van der Waals surface area (Å²) < 4.78 is 11.4. The molecule has 0 heterocycles. The lowest BCUT2D eigenvalue weighted by molar-refractivity contribution is -0.126. The average Bonchev–Trinajstić information content (AvgIpc) is 2.71. The maximum absolute atomic E-state index is 11.9. The largest absolute Gasteiger partial charge is 0.490 e. The van der Waals surface area contributed by atoms with Crippen LogP contribution in [0, 0.1) is 0 Å². The fourth-order valence-corrected chi connectivity index (χ4v) is 2.55. The number of carbonyl (C=O) groups is 2. The molecule has 0 saturated carbocycles. The van der Waals surface area contributed by atoms with Gasteiger partial charge >= 0.3 is 0 Å². The number of benzene rings is 2. The summed E-state index contributed by atoms with van der Waals surface area (Å²) in [4.78, 5) is 23.8. The van der Waals surface area contributed by atoms with E-state index in [0.717, 1.165) is 18.4 Å². The number of carbonyl (C=O) groups excluding carboxylic acids is 2. The Morgan fingerprint density at radius 1 is 1.03 bits per heavy atom. The number of unbranched alkanes of at least 4 members (excludes halogenated alkanes) is 1. The first-order valence-electron chi connectivity index (χ1n) is 9.78. The molecule has 7 nitrogen and oxygen atoms in total. The van der Waals surface area contributed by atoms with Gasteiger partial charge in [-0.25, -0.2) is 5.43 Å². The second-order valence-electron chi connectivity index (χ2n) is 6.37. The highest BCUT2D eigenvalue weighted by atomic mass is 35.5. The van der Waals surface area contributed by atoms with Gasteiger partial charge in [0.25, 0.3) is 0 Å². The van der Waals surface area contributed by atoms with Gasteiger partial charge in [0.1, 0.15) is 6.42 Å². The van der Waals surface area contributed by atoms with Crippen molar-refractivity contribution in [2.24, 2.45) is 5.10 Å². The SMILES string of the molecule is CCCCOc1ccc(C=NNC(=O)CC(=O)Nc2ccc(Cl)cc2)cc1OCC. The molecule has 2 amide bonds. The van der Waals surface area contributed by atoms with Crippen molar-refractivity contribution in [3.8, 4) is 11.5 Å². The van der Waals surface area contributed by atoms with Crippen LogP contribution in [-0.2, 0) is 9.59 Å². The van der Waals surface area contributed by atoms with Crippen LogP contribution in [-0.4, -0.2) is 31.2 Å². The lowest BCUT2D eigenvalue weighted by Crippen LogP contribution is -2.24. The van der Waals surface area contributed by atoms with Crippen molar-refractivity contribution in [2.45, 2.75) is 33.1 Å². The molecule has 0 spiro atoms. The van der Waals surface area contributed by atoms with Crippen LogP contribution in [0.5, 0.6) is 11.5 Å². The van der Waals surface area contributed by atoms with Crippen molar-refractivity contribution >= 4 is 35.3 Å². The van der Waals surface area contributed by atoms with Crippen LogP contribution < -0.4 is 20.2 Å². The van der Waals surface area contributed by atoms with Crippen LogP contribution in [0.2, 0.25) is 5.02 Å². The zero-order chi connectivity index (χ0) is 21.8. The predicted octanol–water partition coefficient (Wildman–Crippen LogP) is 4.40. The molecule has 0 aliphatic heterocycles. The molecule has 0 radical (unpaired) electrons. The fraction of sp³-hybridized carbons (Fsp3) is 0.318. The summed E-state index contributed by atoms with van der Waals surface area (Å²) >= 11 is 5.80. The number of hydrogen-bond acceptors (Lipinski definition) is 5. The zero-order valence-corrected chi connectivity index (χ0v) is 17.9. The Balaban J connectivity index is 1.87. The maximum Gasteiger partial charge on any atom is 0.249 e. The minimum Gasteiger partial charge on any atom is -0.490 e. The molecular formula is C22H26ClN3O4. The molecule has 2 aromatic rings. The minimum atomic E-state index is -0.526. The van der Waals surface area contributed by atoms with Gasteiger partial charge in [0.15, 0.2) is 11.5 Å². The summed E-state index contributed by atoms with van der Waals surface area (Å²) in [6.07, 6.45) is 3.14. The van der Waals surface area contributed by atoms with Crippen molar-refractivity contribution < 1.29 is 19.1 Å². The molecule has 0 aromatic heterocycles. The number of anilines is 1. The summed E-state index contributed by atoms with van der Waals surface area (Å²) in [5.41, 5.74) is 3.63. The molecule has 0 unspecified atom stereocenters. The van der Waals surface area contributed by atoms with Crippen LogP contribution >= 0.6 is 11.6 Å². The third-order valence-electron chi connectivity index (χ3n) is 3.88. The number of nitrogens with zero attached hydrogens (tertiary/aromatic N) is 1. The van der Waals surface area contributed by atoms with Crippen molar-refractivity contribution in [1.29, 1.82) is 0 Å². The highest BCUT2D eigenvalue weighted by molar-refractivity contribution is 6.30. The van der Waals surface area contributed by atoms with Gasteiger partial charge in [-0.15, -0.1) is 0 Å². The van der Waals surface area contributed by atoms with E-state index in [4.69, 9.17) is 21.1 Å². The molecule has 0 bridgehead atoms. The van der Waals surface area contributed by atoms with E-state index in [1.54, 1.807) is 30.3 Å². The van der Waals surface area contributed by atoms with E-state index in [1.165, 1.54) is 6.21 Å². The number of halogens is 1. The molecule has 8 heteroatoms. The summed E-state index contributed by atoms with van der Waals surface area (Å²) in [6.45, 7) is 5.12. The quantitative estimate of drug-likeness (QED) is 0.239. The number of amides is 2. The van der Waals surface area contributed by atoms with E-state index in [1.807, 2.05) is 19.1 Å². The van der Waals surface area contributed by atoms with Crippen LogP contribution in [0.15, 0.2) is 47.6 Å². The number of hydrogen-bond donors (Lipinski definition) is 2. The number of nitrogens with one attached hydrogen (secondary N) is 2. The molecule has 0 saturated heterocycles. The molecule has 0 aliphatic rings. The highest BCUT2D eigenvalue weighted by Crippen LogP contribution is 2.28. The van der Waals surface area contributed by atoms with Gasteiger partial charge in [0.05, 0.1) is 19.4 Å².